The fourth-order valence-corrected chi connectivity index (χ4v) is 3.48. The summed E-state index contributed by atoms with van der Waals surface area (Å²) >= 11 is 2.30. The normalized spacial score (nSPS) is 23.0. The summed E-state index contributed by atoms with van der Waals surface area (Å²) in [7, 11) is 1.37. The number of anilines is 3. The van der Waals surface area contributed by atoms with Crippen LogP contribution in [0.15, 0.2) is 45.1 Å². The van der Waals surface area contributed by atoms with Gasteiger partial charge in [-0.25, -0.2) is 4.79 Å². The Kier molecular flexibility index (Phi) is 4.79. The zero-order valence-electron chi connectivity index (χ0n) is 13.3. The van der Waals surface area contributed by atoms with Gasteiger partial charge in [0.15, 0.2) is 0 Å². The van der Waals surface area contributed by atoms with E-state index in [0.717, 1.165) is 12.1 Å². The minimum absolute atomic E-state index is 0.0158. The van der Waals surface area contributed by atoms with Crippen LogP contribution >= 0.6 is 22.6 Å². The molecule has 0 saturated heterocycles. The predicted molar refractivity (Wildman–Crippen MR) is 105 cm³/mol. The van der Waals surface area contributed by atoms with Gasteiger partial charge in [0.25, 0.3) is 0 Å². The summed E-state index contributed by atoms with van der Waals surface area (Å²) in [6, 6.07) is 5.35. The van der Waals surface area contributed by atoms with E-state index in [1.807, 2.05) is 11.1 Å². The number of hydrazone groups is 1. The van der Waals surface area contributed by atoms with Crippen molar-refractivity contribution in [3.05, 3.63) is 40.0 Å². The standard InChI is InChI=1S/C17H19IN4O2/c1-24-17(23)14-9-16(10-2-4-11(18)5-3-10)22(21-14)15-7-6-12(19)8-13(15)20/h2,4-8,10,16H,3,9,19-20H2,1H3. The van der Waals surface area contributed by atoms with Gasteiger partial charge in [-0.05, 0) is 47.2 Å². The van der Waals surface area contributed by atoms with Crippen LogP contribution in [0.25, 0.3) is 0 Å². The number of nitrogen functional groups attached to an aromatic ring is 2. The number of hydrogen-bond acceptors (Lipinski definition) is 6. The fourth-order valence-electron chi connectivity index (χ4n) is 3.01. The van der Waals surface area contributed by atoms with Gasteiger partial charge in [-0.1, -0.05) is 18.2 Å². The van der Waals surface area contributed by atoms with E-state index in [0.29, 0.717) is 23.5 Å². The van der Waals surface area contributed by atoms with Crippen LogP contribution in [0.3, 0.4) is 0 Å². The minimum atomic E-state index is -0.401. The number of methoxy groups -OCH3 is 1. The third-order valence-corrected chi connectivity index (χ3v) is 5.05. The molecule has 4 N–H and O–H groups in total. The number of carbonyl (C=O) groups excluding carboxylic acids is 1. The molecule has 0 amide bonds. The van der Waals surface area contributed by atoms with Crippen molar-refractivity contribution in [3.8, 4) is 0 Å². The van der Waals surface area contributed by atoms with E-state index in [2.05, 4.69) is 45.9 Å². The van der Waals surface area contributed by atoms with Crippen LogP contribution in [0.1, 0.15) is 12.8 Å². The fraction of sp³-hybridized carbons (Fsp3) is 0.294. The van der Waals surface area contributed by atoms with Gasteiger partial charge < -0.3 is 16.2 Å². The van der Waals surface area contributed by atoms with Crippen LogP contribution in [0.4, 0.5) is 17.1 Å². The molecule has 1 aromatic carbocycles. The molecule has 24 heavy (non-hydrogen) atoms. The molecule has 2 unspecified atom stereocenters. The summed E-state index contributed by atoms with van der Waals surface area (Å²) in [5.41, 5.74) is 14.2. The smallest absolute Gasteiger partial charge is 0.354 e. The Hall–Kier alpha value is -2.03. The Morgan fingerprint density at radius 2 is 2.21 bits per heavy atom. The molecule has 0 saturated carbocycles. The minimum Gasteiger partial charge on any atom is -0.464 e. The van der Waals surface area contributed by atoms with Crippen LogP contribution in [-0.2, 0) is 9.53 Å². The number of hydrogen-bond donors (Lipinski definition) is 2. The van der Waals surface area contributed by atoms with Gasteiger partial charge in [0.05, 0.1) is 24.5 Å². The first-order valence-corrected chi connectivity index (χ1v) is 8.71. The van der Waals surface area contributed by atoms with Crippen molar-refractivity contribution in [2.45, 2.75) is 18.9 Å². The summed E-state index contributed by atoms with van der Waals surface area (Å²) in [5.74, 6) is -0.159. The second-order valence-corrected chi connectivity index (χ2v) is 7.07. The molecule has 6 nitrogen and oxygen atoms in total. The molecule has 1 heterocycles. The molecule has 0 spiro atoms. The molecule has 3 rings (SSSR count). The second-order valence-electron chi connectivity index (χ2n) is 5.82. The zero-order valence-corrected chi connectivity index (χ0v) is 15.4. The number of rotatable bonds is 3. The highest BCUT2D eigenvalue weighted by atomic mass is 127. The lowest BCUT2D eigenvalue weighted by atomic mass is 9.89. The average Bonchev–Trinajstić information content (AvgIpc) is 3.00. The molecule has 2 atom stereocenters. The lowest BCUT2D eigenvalue weighted by molar-refractivity contribution is -0.132. The topological polar surface area (TPSA) is 93.9 Å². The summed E-state index contributed by atoms with van der Waals surface area (Å²) in [6.45, 7) is 0. The Labute approximate surface area is 154 Å². The number of ether oxygens (including phenoxy) is 1. The maximum Gasteiger partial charge on any atom is 0.354 e. The van der Waals surface area contributed by atoms with Gasteiger partial charge in [0.2, 0.25) is 0 Å². The first-order valence-electron chi connectivity index (χ1n) is 7.63. The average molecular weight is 438 g/mol. The molecule has 7 heteroatoms. The molecule has 0 bridgehead atoms. The van der Waals surface area contributed by atoms with Gasteiger partial charge in [0.1, 0.15) is 5.71 Å². The third-order valence-electron chi connectivity index (χ3n) is 4.25. The zero-order chi connectivity index (χ0) is 17.3. The molecule has 1 aromatic rings. The first kappa shape index (κ1) is 16.8. The van der Waals surface area contributed by atoms with Crippen molar-refractivity contribution >= 4 is 51.3 Å². The highest BCUT2D eigenvalue weighted by molar-refractivity contribution is 14.1. The summed E-state index contributed by atoms with van der Waals surface area (Å²) in [5, 5.41) is 6.33. The van der Waals surface area contributed by atoms with Crippen molar-refractivity contribution < 1.29 is 9.53 Å². The molecule has 0 radical (unpaired) electrons. The Morgan fingerprint density at radius 1 is 1.42 bits per heavy atom. The first-order chi connectivity index (χ1) is 11.5. The number of carbonyl (C=O) groups is 1. The van der Waals surface area contributed by atoms with Gasteiger partial charge in [-0.3, -0.25) is 5.01 Å². The number of allylic oxidation sites excluding steroid dienone is 3. The van der Waals surface area contributed by atoms with E-state index in [9.17, 15) is 4.79 Å². The molecular weight excluding hydrogens is 419 g/mol. The number of esters is 1. The highest BCUT2D eigenvalue weighted by Gasteiger charge is 2.36. The van der Waals surface area contributed by atoms with E-state index < -0.39 is 5.97 Å². The van der Waals surface area contributed by atoms with Crippen LogP contribution in [0.5, 0.6) is 0 Å². The number of nitrogens with zero attached hydrogens (tertiary/aromatic N) is 2. The van der Waals surface area contributed by atoms with E-state index in [-0.39, 0.29) is 12.0 Å². The second kappa shape index (κ2) is 6.84. The van der Waals surface area contributed by atoms with Crippen molar-refractivity contribution in [2.24, 2.45) is 11.0 Å². The summed E-state index contributed by atoms with van der Waals surface area (Å²) in [6.07, 6.45) is 7.87. The molecule has 1 aliphatic carbocycles. The lowest BCUT2D eigenvalue weighted by Crippen LogP contribution is -2.34. The number of nitrogens with two attached hydrogens (primary N) is 2. The van der Waals surface area contributed by atoms with Crippen molar-refractivity contribution in [1.29, 1.82) is 0 Å². The van der Waals surface area contributed by atoms with Crippen LogP contribution in [0.2, 0.25) is 0 Å². The Balaban J connectivity index is 1.95. The van der Waals surface area contributed by atoms with Crippen LogP contribution < -0.4 is 16.5 Å². The molecule has 0 fully saturated rings. The molecule has 126 valence electrons. The Morgan fingerprint density at radius 3 is 2.83 bits per heavy atom. The maximum absolute atomic E-state index is 11.9. The van der Waals surface area contributed by atoms with Crippen molar-refractivity contribution in [2.75, 3.05) is 23.6 Å². The molecule has 0 aromatic heterocycles. The van der Waals surface area contributed by atoms with Crippen molar-refractivity contribution in [1.82, 2.24) is 0 Å². The van der Waals surface area contributed by atoms with E-state index in [1.165, 1.54) is 10.7 Å². The van der Waals surface area contributed by atoms with Crippen LogP contribution in [0, 0.1) is 5.92 Å². The number of benzene rings is 1. The number of halogens is 1. The van der Waals surface area contributed by atoms with Gasteiger partial charge in [-0.15, -0.1) is 0 Å². The Bertz CT molecular complexity index is 757. The van der Waals surface area contributed by atoms with Gasteiger partial charge in [-0.2, -0.15) is 5.10 Å². The largest absolute Gasteiger partial charge is 0.464 e. The van der Waals surface area contributed by atoms with Gasteiger partial charge in [0, 0.05) is 21.6 Å². The molecular formula is C17H19IN4O2. The predicted octanol–water partition coefficient (Wildman–Crippen LogP) is 2.85. The quantitative estimate of drug-likeness (QED) is 0.430. The van der Waals surface area contributed by atoms with Crippen molar-refractivity contribution in [3.63, 3.8) is 0 Å². The van der Waals surface area contributed by atoms with Crippen LogP contribution in [-0.4, -0.2) is 24.8 Å². The molecule has 1 aliphatic heterocycles. The lowest BCUT2D eigenvalue weighted by Gasteiger charge is -2.30. The summed E-state index contributed by atoms with van der Waals surface area (Å²) in [4.78, 5) is 11.9. The van der Waals surface area contributed by atoms with E-state index in [4.69, 9.17) is 16.2 Å². The van der Waals surface area contributed by atoms with Gasteiger partial charge >= 0.3 is 5.97 Å². The molecule has 2 aliphatic rings. The summed E-state index contributed by atoms with van der Waals surface area (Å²) < 4.78 is 6.06. The SMILES string of the molecule is COC(=O)C1=NN(c2ccc(N)cc2N)C(C2C=CC(I)=CC2)C1. The highest BCUT2D eigenvalue weighted by Crippen LogP contribution is 2.37. The monoisotopic (exact) mass is 438 g/mol. The maximum atomic E-state index is 11.9. The van der Waals surface area contributed by atoms with E-state index in [1.54, 1.807) is 12.1 Å². The van der Waals surface area contributed by atoms with E-state index >= 15 is 0 Å². The third kappa shape index (κ3) is 3.26.